The Labute approximate surface area is 325 Å². The minimum atomic E-state index is 0.576. The Kier molecular flexibility index (Phi) is 8.34. The van der Waals surface area contributed by atoms with Crippen LogP contribution in [0.2, 0.25) is 0 Å². The fourth-order valence-electron chi connectivity index (χ4n) is 7.58. The molecule has 0 fully saturated rings. The molecule has 0 radical (unpaired) electrons. The second kappa shape index (κ2) is 14.1. The van der Waals surface area contributed by atoms with Crippen molar-refractivity contribution in [3.05, 3.63) is 200 Å². The predicted octanol–water partition coefficient (Wildman–Crippen LogP) is 13.7. The van der Waals surface area contributed by atoms with Crippen LogP contribution in [0, 0.1) is 6.92 Å². The van der Waals surface area contributed by atoms with Crippen LogP contribution in [-0.2, 0) is 0 Å². The van der Waals surface area contributed by atoms with Crippen LogP contribution in [0.15, 0.2) is 199 Å². The van der Waals surface area contributed by atoms with Crippen molar-refractivity contribution in [3.63, 3.8) is 0 Å². The van der Waals surface area contributed by atoms with E-state index < -0.39 is 0 Å². The van der Waals surface area contributed by atoms with Crippen LogP contribution in [0.5, 0.6) is 0 Å². The molecule has 2 heterocycles. The summed E-state index contributed by atoms with van der Waals surface area (Å²) in [6.07, 6.45) is 0. The Balaban J connectivity index is 1.19. The normalized spacial score (nSPS) is 11.3. The lowest BCUT2D eigenvalue weighted by Crippen LogP contribution is -2.01. The Bertz CT molecular complexity index is 3010. The predicted molar refractivity (Wildman–Crippen MR) is 230 cm³/mol. The number of aryl methyl sites for hydroxylation is 1. The maximum absolute atomic E-state index is 6.71. The van der Waals surface area contributed by atoms with Gasteiger partial charge in [0.15, 0.2) is 17.5 Å². The highest BCUT2D eigenvalue weighted by Gasteiger charge is 2.21. The Morgan fingerprint density at radius 3 is 1.54 bits per heavy atom. The lowest BCUT2D eigenvalue weighted by atomic mass is 9.93. The van der Waals surface area contributed by atoms with E-state index in [1.807, 2.05) is 36.4 Å². The number of hydrogen-bond donors (Lipinski definition) is 0. The molecular weight excluding hydrogens is 683 g/mol. The fourth-order valence-corrected chi connectivity index (χ4v) is 7.58. The zero-order chi connectivity index (χ0) is 37.4. The van der Waals surface area contributed by atoms with E-state index in [1.165, 1.54) is 16.7 Å². The van der Waals surface area contributed by atoms with Crippen LogP contribution < -0.4 is 0 Å². The molecule has 10 aromatic rings. The molecule has 0 aliphatic carbocycles. The van der Waals surface area contributed by atoms with Gasteiger partial charge in [-0.05, 0) is 81.8 Å². The van der Waals surface area contributed by atoms with Crippen LogP contribution in [0.1, 0.15) is 5.56 Å². The fraction of sp³-hybridized carbons (Fsp3) is 0.0192. The molecule has 0 saturated carbocycles. The van der Waals surface area contributed by atoms with Gasteiger partial charge in [-0.15, -0.1) is 0 Å². The first kappa shape index (κ1) is 33.2. The highest BCUT2D eigenvalue weighted by atomic mass is 16.3. The number of furan rings is 1. The standard InChI is InChI=1S/C52H35N3O/c1-34-26-28-36(29-27-34)40-21-12-23-42(31-40)51-53-50(38-18-9-4-10-19-38)54-52(55-51)45-33-48-46(32-44(45)37-16-7-3-8-17-37)49-43(24-13-25-47(49)56-48)41-22-11-20-39(30-41)35-14-5-2-6-15-35/h2-33H,1H3. The molecule has 0 amide bonds. The average Bonchev–Trinajstić information content (AvgIpc) is 3.65. The van der Waals surface area contributed by atoms with Crippen molar-refractivity contribution in [1.29, 1.82) is 0 Å². The number of aromatic nitrogens is 3. The van der Waals surface area contributed by atoms with E-state index in [2.05, 4.69) is 165 Å². The van der Waals surface area contributed by atoms with Gasteiger partial charge < -0.3 is 4.42 Å². The zero-order valence-corrected chi connectivity index (χ0v) is 30.7. The molecule has 4 heteroatoms. The Morgan fingerprint density at radius 1 is 0.321 bits per heavy atom. The summed E-state index contributed by atoms with van der Waals surface area (Å²) in [4.78, 5) is 15.5. The molecule has 0 N–H and O–H groups in total. The van der Waals surface area contributed by atoms with Gasteiger partial charge in [0.2, 0.25) is 0 Å². The summed E-state index contributed by atoms with van der Waals surface area (Å²) < 4.78 is 6.71. The molecule has 0 unspecified atom stereocenters. The lowest BCUT2D eigenvalue weighted by Gasteiger charge is -2.13. The third kappa shape index (κ3) is 6.23. The maximum Gasteiger partial charge on any atom is 0.164 e. The highest BCUT2D eigenvalue weighted by molar-refractivity contribution is 6.14. The first-order valence-electron chi connectivity index (χ1n) is 18.8. The molecule has 2 aromatic heterocycles. The van der Waals surface area contributed by atoms with E-state index in [-0.39, 0.29) is 0 Å². The quantitative estimate of drug-likeness (QED) is 0.165. The summed E-state index contributed by atoms with van der Waals surface area (Å²) in [6.45, 7) is 2.11. The van der Waals surface area contributed by atoms with Crippen LogP contribution >= 0.6 is 0 Å². The highest BCUT2D eigenvalue weighted by Crippen LogP contribution is 2.43. The van der Waals surface area contributed by atoms with Crippen LogP contribution in [0.4, 0.5) is 0 Å². The van der Waals surface area contributed by atoms with Gasteiger partial charge in [-0.3, -0.25) is 0 Å². The SMILES string of the molecule is Cc1ccc(-c2cccc(-c3nc(-c4ccccc4)nc(-c4cc5oc6cccc(-c7cccc(-c8ccccc8)c7)c6c5cc4-c4ccccc4)n3)c2)cc1. The maximum atomic E-state index is 6.71. The van der Waals surface area contributed by atoms with Gasteiger partial charge in [0.1, 0.15) is 11.2 Å². The number of benzene rings is 8. The molecule has 0 aliphatic heterocycles. The van der Waals surface area contributed by atoms with Gasteiger partial charge in [0.25, 0.3) is 0 Å². The van der Waals surface area contributed by atoms with Crippen molar-refractivity contribution in [2.24, 2.45) is 0 Å². The van der Waals surface area contributed by atoms with Crippen LogP contribution in [0.3, 0.4) is 0 Å². The molecule has 0 spiro atoms. The number of nitrogens with zero attached hydrogens (tertiary/aromatic N) is 3. The molecule has 0 atom stereocenters. The van der Waals surface area contributed by atoms with Crippen LogP contribution in [0.25, 0.3) is 101 Å². The van der Waals surface area contributed by atoms with Gasteiger partial charge in [-0.2, -0.15) is 0 Å². The number of hydrogen-bond acceptors (Lipinski definition) is 4. The monoisotopic (exact) mass is 717 g/mol. The smallest absolute Gasteiger partial charge is 0.164 e. The molecule has 0 aliphatic rings. The summed E-state index contributed by atoms with van der Waals surface area (Å²) in [5.41, 5.74) is 14.4. The van der Waals surface area contributed by atoms with E-state index in [9.17, 15) is 0 Å². The van der Waals surface area contributed by atoms with Crippen LogP contribution in [-0.4, -0.2) is 15.0 Å². The number of rotatable bonds is 7. The van der Waals surface area contributed by atoms with Crippen molar-refractivity contribution in [2.75, 3.05) is 0 Å². The first-order chi connectivity index (χ1) is 27.6. The molecule has 264 valence electrons. The summed E-state index contributed by atoms with van der Waals surface area (Å²) in [5.74, 6) is 1.79. The molecular formula is C52H35N3O. The van der Waals surface area contributed by atoms with Gasteiger partial charge in [-0.25, -0.2) is 15.0 Å². The molecule has 10 rings (SSSR count). The molecule has 0 bridgehead atoms. The third-order valence-electron chi connectivity index (χ3n) is 10.4. The average molecular weight is 718 g/mol. The summed E-state index contributed by atoms with van der Waals surface area (Å²) in [6, 6.07) is 67.5. The summed E-state index contributed by atoms with van der Waals surface area (Å²) in [7, 11) is 0. The molecule has 0 saturated heterocycles. The van der Waals surface area contributed by atoms with Gasteiger partial charge in [0, 0.05) is 27.5 Å². The molecule has 56 heavy (non-hydrogen) atoms. The minimum absolute atomic E-state index is 0.576. The van der Waals surface area contributed by atoms with Crippen molar-refractivity contribution in [3.8, 4) is 78.7 Å². The molecule has 8 aromatic carbocycles. The largest absolute Gasteiger partial charge is 0.456 e. The van der Waals surface area contributed by atoms with Crippen molar-refractivity contribution in [2.45, 2.75) is 6.92 Å². The zero-order valence-electron chi connectivity index (χ0n) is 30.7. The first-order valence-corrected chi connectivity index (χ1v) is 18.8. The van der Waals surface area contributed by atoms with Gasteiger partial charge in [0.05, 0.1) is 0 Å². The van der Waals surface area contributed by atoms with E-state index in [4.69, 9.17) is 19.4 Å². The second-order valence-electron chi connectivity index (χ2n) is 14.1. The van der Waals surface area contributed by atoms with E-state index in [1.54, 1.807) is 0 Å². The van der Waals surface area contributed by atoms with Gasteiger partial charge >= 0.3 is 0 Å². The summed E-state index contributed by atoms with van der Waals surface area (Å²) in [5, 5.41) is 2.11. The Morgan fingerprint density at radius 2 is 0.839 bits per heavy atom. The van der Waals surface area contributed by atoms with Crippen molar-refractivity contribution >= 4 is 21.9 Å². The Hall–Kier alpha value is -7.43. The van der Waals surface area contributed by atoms with Crippen molar-refractivity contribution < 1.29 is 4.42 Å². The van der Waals surface area contributed by atoms with E-state index in [0.717, 1.165) is 72.0 Å². The van der Waals surface area contributed by atoms with E-state index >= 15 is 0 Å². The summed E-state index contributed by atoms with van der Waals surface area (Å²) >= 11 is 0. The molecule has 4 nitrogen and oxygen atoms in total. The number of fused-ring (bicyclic) bond motifs is 3. The van der Waals surface area contributed by atoms with Gasteiger partial charge in [-0.1, -0.05) is 169 Å². The van der Waals surface area contributed by atoms with Crippen molar-refractivity contribution in [1.82, 2.24) is 15.0 Å². The lowest BCUT2D eigenvalue weighted by molar-refractivity contribution is 0.669. The minimum Gasteiger partial charge on any atom is -0.456 e. The second-order valence-corrected chi connectivity index (χ2v) is 14.1. The topological polar surface area (TPSA) is 51.8 Å². The van der Waals surface area contributed by atoms with E-state index in [0.29, 0.717) is 17.5 Å². The third-order valence-corrected chi connectivity index (χ3v) is 10.4.